The largest absolute Gasteiger partial charge is 0.327 e. The fourth-order valence-electron chi connectivity index (χ4n) is 1.80. The Kier molecular flexibility index (Phi) is 15.9. The van der Waals surface area contributed by atoms with Crippen LogP contribution in [0.25, 0.3) is 0 Å². The van der Waals surface area contributed by atoms with Gasteiger partial charge in [0.2, 0.25) is 0 Å². The van der Waals surface area contributed by atoms with Crippen LogP contribution in [0.1, 0.15) is 40.5 Å². The Labute approximate surface area is 147 Å². The van der Waals surface area contributed by atoms with E-state index in [-0.39, 0.29) is 24.3 Å². The SMILES string of the molecule is CC(N)CNCCCNOC(C)C(C)ONCCCNCC(C)N. The molecule has 0 aromatic carbocycles. The number of hydroxylamine groups is 2. The van der Waals surface area contributed by atoms with Crippen molar-refractivity contribution < 1.29 is 9.68 Å². The van der Waals surface area contributed by atoms with E-state index in [9.17, 15) is 0 Å². The molecule has 0 saturated heterocycles. The van der Waals surface area contributed by atoms with E-state index in [2.05, 4.69) is 21.6 Å². The van der Waals surface area contributed by atoms with Crippen molar-refractivity contribution in [3.05, 3.63) is 0 Å². The van der Waals surface area contributed by atoms with E-state index in [4.69, 9.17) is 21.1 Å². The molecule has 24 heavy (non-hydrogen) atoms. The minimum absolute atomic E-state index is 0.0364. The third-order valence-electron chi connectivity index (χ3n) is 3.40. The van der Waals surface area contributed by atoms with Crippen LogP contribution in [0.2, 0.25) is 0 Å². The second-order valence-electron chi connectivity index (χ2n) is 6.50. The molecule has 0 saturated carbocycles. The van der Waals surface area contributed by atoms with Gasteiger partial charge in [0.25, 0.3) is 0 Å². The summed E-state index contributed by atoms with van der Waals surface area (Å²) in [7, 11) is 0. The molecule has 0 bridgehead atoms. The highest BCUT2D eigenvalue weighted by Crippen LogP contribution is 1.99. The van der Waals surface area contributed by atoms with Gasteiger partial charge in [-0.3, -0.25) is 9.68 Å². The molecule has 0 radical (unpaired) electrons. The van der Waals surface area contributed by atoms with Crippen LogP contribution in [0.15, 0.2) is 0 Å². The molecule has 0 aromatic rings. The van der Waals surface area contributed by atoms with E-state index < -0.39 is 0 Å². The summed E-state index contributed by atoms with van der Waals surface area (Å²) in [5.41, 5.74) is 17.3. The summed E-state index contributed by atoms with van der Waals surface area (Å²) < 4.78 is 0. The van der Waals surface area contributed by atoms with Crippen molar-refractivity contribution >= 4 is 0 Å². The van der Waals surface area contributed by atoms with Gasteiger partial charge in [-0.15, -0.1) is 0 Å². The second kappa shape index (κ2) is 16.2. The highest BCUT2D eigenvalue weighted by Gasteiger charge is 2.13. The van der Waals surface area contributed by atoms with Gasteiger partial charge in [-0.1, -0.05) is 0 Å². The number of nitrogens with two attached hydrogens (primary N) is 2. The molecule has 8 N–H and O–H groups in total. The first-order valence-corrected chi connectivity index (χ1v) is 9.13. The van der Waals surface area contributed by atoms with Crippen LogP contribution < -0.4 is 33.1 Å². The van der Waals surface area contributed by atoms with E-state index in [0.717, 1.165) is 52.1 Å². The van der Waals surface area contributed by atoms with Gasteiger partial charge in [0.15, 0.2) is 0 Å². The topological polar surface area (TPSA) is 119 Å². The fraction of sp³-hybridized carbons (Fsp3) is 1.00. The van der Waals surface area contributed by atoms with Gasteiger partial charge >= 0.3 is 0 Å². The standard InChI is InChI=1S/C16H40N6O2/c1-13(17)11-19-7-5-9-21-23-15(3)16(4)24-22-10-6-8-20-12-14(2)18/h13-16,19-22H,5-12,17-18H2,1-4H3. The minimum Gasteiger partial charge on any atom is -0.327 e. The van der Waals surface area contributed by atoms with E-state index in [0.29, 0.717) is 0 Å². The van der Waals surface area contributed by atoms with E-state index in [1.54, 1.807) is 0 Å². The van der Waals surface area contributed by atoms with Crippen molar-refractivity contribution in [1.29, 1.82) is 0 Å². The Morgan fingerprint density at radius 3 is 1.38 bits per heavy atom. The van der Waals surface area contributed by atoms with Crippen molar-refractivity contribution in [3.63, 3.8) is 0 Å². The molecule has 4 unspecified atom stereocenters. The molecule has 8 nitrogen and oxygen atoms in total. The van der Waals surface area contributed by atoms with Gasteiger partial charge < -0.3 is 22.1 Å². The fourth-order valence-corrected chi connectivity index (χ4v) is 1.80. The average molecular weight is 349 g/mol. The Morgan fingerprint density at radius 1 is 0.667 bits per heavy atom. The first-order valence-electron chi connectivity index (χ1n) is 9.13. The molecule has 0 heterocycles. The molecule has 0 aliphatic carbocycles. The highest BCUT2D eigenvalue weighted by molar-refractivity contribution is 4.60. The number of rotatable bonds is 17. The van der Waals surface area contributed by atoms with Crippen LogP contribution in [0.5, 0.6) is 0 Å². The summed E-state index contributed by atoms with van der Waals surface area (Å²) in [5.74, 6) is 0. The summed E-state index contributed by atoms with van der Waals surface area (Å²) in [4.78, 5) is 11.1. The molecule has 8 heteroatoms. The molecule has 0 aliphatic rings. The molecule has 0 spiro atoms. The molecule has 4 atom stereocenters. The average Bonchev–Trinajstić information content (AvgIpc) is 2.51. The van der Waals surface area contributed by atoms with Gasteiger partial charge in [0.05, 0.1) is 0 Å². The second-order valence-corrected chi connectivity index (χ2v) is 6.50. The molecule has 0 aliphatic heterocycles. The van der Waals surface area contributed by atoms with Crippen molar-refractivity contribution in [3.8, 4) is 0 Å². The zero-order chi connectivity index (χ0) is 18.2. The van der Waals surface area contributed by atoms with E-state index >= 15 is 0 Å². The lowest BCUT2D eigenvalue weighted by atomic mass is 10.3. The molecule has 0 fully saturated rings. The maximum absolute atomic E-state index is 5.66. The zero-order valence-electron chi connectivity index (χ0n) is 15.9. The van der Waals surface area contributed by atoms with Gasteiger partial charge in [0, 0.05) is 38.3 Å². The van der Waals surface area contributed by atoms with E-state index in [1.165, 1.54) is 0 Å². The Morgan fingerprint density at radius 2 is 1.04 bits per heavy atom. The highest BCUT2D eigenvalue weighted by atomic mass is 16.7. The van der Waals surface area contributed by atoms with E-state index in [1.807, 2.05) is 27.7 Å². The molecule has 0 rings (SSSR count). The van der Waals surface area contributed by atoms with Gasteiger partial charge in [0.1, 0.15) is 12.2 Å². The quantitative estimate of drug-likeness (QED) is 0.153. The summed E-state index contributed by atoms with van der Waals surface area (Å²) >= 11 is 0. The van der Waals surface area contributed by atoms with Crippen molar-refractivity contribution in [1.82, 2.24) is 21.6 Å². The van der Waals surface area contributed by atoms with Gasteiger partial charge in [-0.25, -0.2) is 11.0 Å². The maximum Gasteiger partial charge on any atom is 0.104 e. The minimum atomic E-state index is -0.0364. The van der Waals surface area contributed by atoms with Crippen LogP contribution in [-0.4, -0.2) is 63.6 Å². The number of hydrogen-bond donors (Lipinski definition) is 6. The smallest absolute Gasteiger partial charge is 0.104 e. The van der Waals surface area contributed by atoms with Crippen LogP contribution in [0.4, 0.5) is 0 Å². The Balaban J connectivity index is 3.38. The molecular formula is C16H40N6O2. The van der Waals surface area contributed by atoms with Crippen LogP contribution in [-0.2, 0) is 9.68 Å². The Hall–Kier alpha value is -0.320. The van der Waals surface area contributed by atoms with Gasteiger partial charge in [-0.2, -0.15) is 0 Å². The molecule has 0 amide bonds. The predicted octanol–water partition coefficient (Wildman–Crippen LogP) is -0.540. The predicted molar refractivity (Wildman–Crippen MR) is 99.4 cm³/mol. The van der Waals surface area contributed by atoms with Crippen molar-refractivity contribution in [2.75, 3.05) is 39.3 Å². The van der Waals surface area contributed by atoms with Crippen LogP contribution in [0, 0.1) is 0 Å². The summed E-state index contributed by atoms with van der Waals surface area (Å²) in [6.07, 6.45) is 1.90. The Bertz CT molecular complexity index is 243. The van der Waals surface area contributed by atoms with Gasteiger partial charge in [-0.05, 0) is 53.6 Å². The molecule has 0 aromatic heterocycles. The monoisotopic (exact) mass is 348 g/mol. The number of nitrogens with one attached hydrogen (secondary N) is 4. The van der Waals surface area contributed by atoms with Crippen LogP contribution >= 0.6 is 0 Å². The summed E-state index contributed by atoms with van der Waals surface area (Å²) in [5, 5.41) is 6.57. The molecular weight excluding hydrogens is 308 g/mol. The first kappa shape index (κ1) is 23.7. The normalized spacial score (nSPS) is 16.8. The number of hydrogen-bond acceptors (Lipinski definition) is 8. The first-order chi connectivity index (χ1) is 11.4. The maximum atomic E-state index is 5.66. The summed E-state index contributed by atoms with van der Waals surface area (Å²) in [6.45, 7) is 13.1. The third kappa shape index (κ3) is 16.5. The lowest BCUT2D eigenvalue weighted by molar-refractivity contribution is -0.123. The third-order valence-corrected chi connectivity index (χ3v) is 3.40. The lowest BCUT2D eigenvalue weighted by Crippen LogP contribution is -2.37. The van der Waals surface area contributed by atoms with Crippen molar-refractivity contribution in [2.45, 2.75) is 64.8 Å². The van der Waals surface area contributed by atoms with Crippen molar-refractivity contribution in [2.24, 2.45) is 11.5 Å². The summed E-state index contributed by atoms with van der Waals surface area (Å²) in [6, 6.07) is 0.388. The zero-order valence-corrected chi connectivity index (χ0v) is 15.9. The lowest BCUT2D eigenvalue weighted by Gasteiger charge is -2.21. The van der Waals surface area contributed by atoms with Crippen LogP contribution in [0.3, 0.4) is 0 Å². The molecule has 146 valence electrons.